The van der Waals surface area contributed by atoms with Gasteiger partial charge in [-0.05, 0) is 68.4 Å². The maximum absolute atomic E-state index is 12.7. The second-order valence-electron chi connectivity index (χ2n) is 8.17. The van der Waals surface area contributed by atoms with Crippen LogP contribution in [0.5, 0.6) is 0 Å². The Balaban J connectivity index is 1.60. The normalized spacial score (nSPS) is 34.6. The largest absolute Gasteiger partial charge is 0.357 e. The van der Waals surface area contributed by atoms with E-state index in [4.69, 9.17) is 0 Å². The first kappa shape index (κ1) is 15.7. The van der Waals surface area contributed by atoms with Gasteiger partial charge in [-0.2, -0.15) is 0 Å². The van der Waals surface area contributed by atoms with Crippen molar-refractivity contribution >= 4 is 11.8 Å². The number of likely N-dealkylation sites (N-methyl/N-ethyl adjacent to an activating group) is 1. The van der Waals surface area contributed by atoms with Crippen LogP contribution in [-0.2, 0) is 4.79 Å². The molecule has 0 radical (unpaired) electrons. The molecule has 4 fully saturated rings. The third kappa shape index (κ3) is 2.62. The molecule has 4 nitrogen and oxygen atoms in total. The molecule has 4 saturated carbocycles. The standard InChI is InChI=1S/C20H26N2O2/c1-21-19(24)17(22-18(23)16-5-3-2-4-6-16)20-10-13-7-14(11-20)9-15(8-13)12-20/h2-6,13-15,17H,7-12H2,1H3,(H,21,24)(H,22,23)/t13?,14?,15?,17-,20?/m1/s1. The van der Waals surface area contributed by atoms with Crippen molar-refractivity contribution in [2.75, 3.05) is 7.05 Å². The van der Waals surface area contributed by atoms with Gasteiger partial charge in [0.25, 0.3) is 5.91 Å². The van der Waals surface area contributed by atoms with Gasteiger partial charge in [0.05, 0.1) is 0 Å². The van der Waals surface area contributed by atoms with E-state index in [9.17, 15) is 9.59 Å². The first-order valence-corrected chi connectivity index (χ1v) is 9.17. The summed E-state index contributed by atoms with van der Waals surface area (Å²) in [5, 5.41) is 5.88. The molecule has 24 heavy (non-hydrogen) atoms. The second-order valence-corrected chi connectivity index (χ2v) is 8.17. The Kier molecular flexibility index (Phi) is 3.86. The summed E-state index contributed by atoms with van der Waals surface area (Å²) in [6, 6.07) is 8.80. The van der Waals surface area contributed by atoms with E-state index in [-0.39, 0.29) is 17.2 Å². The van der Waals surface area contributed by atoms with Crippen molar-refractivity contribution < 1.29 is 9.59 Å². The zero-order valence-corrected chi connectivity index (χ0v) is 14.3. The molecule has 2 amide bonds. The van der Waals surface area contributed by atoms with Crippen LogP contribution >= 0.6 is 0 Å². The fraction of sp³-hybridized carbons (Fsp3) is 0.600. The van der Waals surface area contributed by atoms with Crippen molar-refractivity contribution in [2.45, 2.75) is 44.6 Å². The Hall–Kier alpha value is -1.84. The van der Waals surface area contributed by atoms with E-state index in [0.29, 0.717) is 5.56 Å². The third-order valence-corrected chi connectivity index (χ3v) is 6.52. The summed E-state index contributed by atoms with van der Waals surface area (Å²) in [7, 11) is 1.67. The zero-order valence-electron chi connectivity index (χ0n) is 14.3. The fourth-order valence-corrected chi connectivity index (χ4v) is 5.98. The van der Waals surface area contributed by atoms with Crippen LogP contribution in [0.3, 0.4) is 0 Å². The van der Waals surface area contributed by atoms with Crippen LogP contribution in [0.15, 0.2) is 30.3 Å². The minimum atomic E-state index is -0.413. The van der Waals surface area contributed by atoms with Crippen molar-refractivity contribution in [3.05, 3.63) is 35.9 Å². The Bertz CT molecular complexity index is 605. The van der Waals surface area contributed by atoms with Crippen LogP contribution < -0.4 is 10.6 Å². The van der Waals surface area contributed by atoms with Gasteiger partial charge in [0, 0.05) is 18.0 Å². The van der Waals surface area contributed by atoms with E-state index in [1.165, 1.54) is 19.3 Å². The van der Waals surface area contributed by atoms with Crippen molar-refractivity contribution in [3.8, 4) is 0 Å². The van der Waals surface area contributed by atoms with E-state index < -0.39 is 6.04 Å². The van der Waals surface area contributed by atoms with Gasteiger partial charge in [0.15, 0.2) is 0 Å². The molecule has 4 heteroatoms. The summed E-state index contributed by atoms with van der Waals surface area (Å²) in [5.41, 5.74) is 0.579. The topological polar surface area (TPSA) is 58.2 Å². The van der Waals surface area contributed by atoms with Gasteiger partial charge >= 0.3 is 0 Å². The maximum atomic E-state index is 12.7. The van der Waals surface area contributed by atoms with Crippen molar-refractivity contribution in [2.24, 2.45) is 23.2 Å². The molecular weight excluding hydrogens is 300 g/mol. The average Bonchev–Trinajstić information content (AvgIpc) is 2.58. The van der Waals surface area contributed by atoms with Crippen molar-refractivity contribution in [3.63, 3.8) is 0 Å². The molecule has 0 aromatic heterocycles. The zero-order chi connectivity index (χ0) is 16.7. The molecule has 4 aliphatic carbocycles. The minimum absolute atomic E-state index is 0.0405. The summed E-state index contributed by atoms with van der Waals surface area (Å²) in [5.74, 6) is 2.06. The fourth-order valence-electron chi connectivity index (χ4n) is 5.98. The molecule has 4 bridgehead atoms. The van der Waals surface area contributed by atoms with Crippen LogP contribution in [0.4, 0.5) is 0 Å². The average molecular weight is 326 g/mol. The number of benzene rings is 1. The maximum Gasteiger partial charge on any atom is 0.251 e. The summed E-state index contributed by atoms with van der Waals surface area (Å²) in [6.07, 6.45) is 7.25. The van der Waals surface area contributed by atoms with Crippen LogP contribution in [0, 0.1) is 23.2 Å². The predicted octanol–water partition coefficient (Wildman–Crippen LogP) is 2.75. The molecular formula is C20H26N2O2. The van der Waals surface area contributed by atoms with Crippen molar-refractivity contribution in [1.82, 2.24) is 10.6 Å². The molecule has 0 aliphatic heterocycles. The predicted molar refractivity (Wildman–Crippen MR) is 92.4 cm³/mol. The van der Waals surface area contributed by atoms with E-state index in [2.05, 4.69) is 10.6 Å². The van der Waals surface area contributed by atoms with Crippen LogP contribution in [0.1, 0.15) is 48.9 Å². The van der Waals surface area contributed by atoms with Gasteiger partial charge in [0.1, 0.15) is 6.04 Å². The highest BCUT2D eigenvalue weighted by Crippen LogP contribution is 2.61. The summed E-state index contributed by atoms with van der Waals surface area (Å²) >= 11 is 0. The SMILES string of the molecule is CNC(=O)[C@@H](NC(=O)c1ccccc1)C12CC3CC(CC(C3)C1)C2. The van der Waals surface area contributed by atoms with Crippen LogP contribution in [-0.4, -0.2) is 24.9 Å². The highest BCUT2D eigenvalue weighted by Gasteiger charge is 2.56. The van der Waals surface area contributed by atoms with Gasteiger partial charge in [-0.25, -0.2) is 0 Å². The number of hydrogen-bond acceptors (Lipinski definition) is 2. The Morgan fingerprint density at radius 3 is 2.04 bits per heavy atom. The molecule has 1 atom stereocenters. The molecule has 0 unspecified atom stereocenters. The quantitative estimate of drug-likeness (QED) is 0.894. The minimum Gasteiger partial charge on any atom is -0.357 e. The van der Waals surface area contributed by atoms with Crippen LogP contribution in [0.25, 0.3) is 0 Å². The summed E-state index contributed by atoms with van der Waals surface area (Å²) in [4.78, 5) is 25.3. The molecule has 1 aromatic rings. The first-order valence-electron chi connectivity index (χ1n) is 9.17. The van der Waals surface area contributed by atoms with Crippen LogP contribution in [0.2, 0.25) is 0 Å². The lowest BCUT2D eigenvalue weighted by molar-refractivity contribution is -0.134. The third-order valence-electron chi connectivity index (χ3n) is 6.52. The molecule has 128 valence electrons. The highest BCUT2D eigenvalue weighted by molar-refractivity contribution is 5.97. The van der Waals surface area contributed by atoms with E-state index in [0.717, 1.165) is 37.0 Å². The van der Waals surface area contributed by atoms with E-state index in [1.54, 1.807) is 19.2 Å². The van der Waals surface area contributed by atoms with Gasteiger partial charge in [0.2, 0.25) is 5.91 Å². The smallest absolute Gasteiger partial charge is 0.251 e. The van der Waals surface area contributed by atoms with Gasteiger partial charge < -0.3 is 10.6 Å². The summed E-state index contributed by atoms with van der Waals surface area (Å²) in [6.45, 7) is 0. The molecule has 1 aromatic carbocycles. The monoisotopic (exact) mass is 326 g/mol. The highest BCUT2D eigenvalue weighted by atomic mass is 16.2. The van der Waals surface area contributed by atoms with E-state index >= 15 is 0 Å². The Morgan fingerprint density at radius 1 is 1.00 bits per heavy atom. The first-order chi connectivity index (χ1) is 11.6. The summed E-state index contributed by atoms with van der Waals surface area (Å²) < 4.78 is 0. The molecule has 0 spiro atoms. The number of nitrogens with one attached hydrogen (secondary N) is 2. The number of hydrogen-bond donors (Lipinski definition) is 2. The number of carbonyl (C=O) groups is 2. The Morgan fingerprint density at radius 2 is 1.54 bits per heavy atom. The molecule has 0 heterocycles. The van der Waals surface area contributed by atoms with Gasteiger partial charge in [-0.3, -0.25) is 9.59 Å². The van der Waals surface area contributed by atoms with Crippen molar-refractivity contribution in [1.29, 1.82) is 0 Å². The number of amides is 2. The number of carbonyl (C=O) groups excluding carboxylic acids is 2. The second kappa shape index (κ2) is 5.91. The lowest BCUT2D eigenvalue weighted by Crippen LogP contribution is -2.61. The molecule has 2 N–H and O–H groups in total. The lowest BCUT2D eigenvalue weighted by atomic mass is 9.47. The lowest BCUT2D eigenvalue weighted by Gasteiger charge is -2.58. The molecule has 0 saturated heterocycles. The number of rotatable bonds is 4. The van der Waals surface area contributed by atoms with E-state index in [1.807, 2.05) is 18.2 Å². The Labute approximate surface area is 143 Å². The van der Waals surface area contributed by atoms with Gasteiger partial charge in [-0.15, -0.1) is 0 Å². The van der Waals surface area contributed by atoms with Gasteiger partial charge in [-0.1, -0.05) is 18.2 Å². The molecule has 4 aliphatic rings. The molecule has 5 rings (SSSR count).